The monoisotopic (exact) mass is 540 g/mol. The Morgan fingerprint density at radius 3 is 2.17 bits per heavy atom. The summed E-state index contributed by atoms with van der Waals surface area (Å²) in [5.41, 5.74) is 3.05. The highest BCUT2D eigenvalue weighted by atomic mass is 16.5. The van der Waals surface area contributed by atoms with E-state index < -0.39 is 5.78 Å². The number of hydrogen-bond donors (Lipinski definition) is 0. The van der Waals surface area contributed by atoms with Crippen molar-refractivity contribution < 1.29 is 28.2 Å². The number of allylic oxidation sites excluding steroid dienone is 2. The second-order valence-corrected chi connectivity index (χ2v) is 9.32. The van der Waals surface area contributed by atoms with E-state index in [1.807, 2.05) is 50.3 Å². The van der Waals surface area contributed by atoms with Crippen LogP contribution in [-0.4, -0.2) is 33.7 Å². The van der Waals surface area contributed by atoms with E-state index in [-0.39, 0.29) is 23.2 Å². The van der Waals surface area contributed by atoms with Crippen LogP contribution in [0, 0.1) is 6.92 Å². The lowest BCUT2D eigenvalue weighted by Crippen LogP contribution is -2.11. The van der Waals surface area contributed by atoms with Gasteiger partial charge in [0.05, 0.1) is 26.7 Å². The van der Waals surface area contributed by atoms with Crippen molar-refractivity contribution in [1.29, 1.82) is 0 Å². The Kier molecular flexibility index (Phi) is 8.74. The Morgan fingerprint density at radius 1 is 0.900 bits per heavy atom. The largest absolute Gasteiger partial charge is 0.493 e. The number of carbonyl (C=O) groups is 1. The van der Waals surface area contributed by atoms with Crippen LogP contribution in [-0.2, 0) is 0 Å². The molecule has 0 bridgehead atoms. The van der Waals surface area contributed by atoms with Gasteiger partial charge in [0, 0.05) is 11.1 Å². The molecule has 0 aliphatic carbocycles. The number of ketones is 1. The lowest BCUT2D eigenvalue weighted by Gasteiger charge is -2.14. The lowest BCUT2D eigenvalue weighted by atomic mass is 10.0. The molecule has 0 radical (unpaired) electrons. The molecule has 0 amide bonds. The summed E-state index contributed by atoms with van der Waals surface area (Å²) in [5, 5.41) is 0.302. The third-order valence-electron chi connectivity index (χ3n) is 6.38. The van der Waals surface area contributed by atoms with Crippen LogP contribution in [0.4, 0.5) is 0 Å². The standard InChI is InChI=1S/C33H32O7/c1-20(2)16-17-39-26-15-13-24-30(35)21(3)31(23-10-8-7-9-11-23)40-32(24)29(26)25(34)14-12-22-18-27(36-4)33(38-6)28(19-22)37-5/h7-16,18-19H,17H2,1-6H3. The zero-order valence-corrected chi connectivity index (χ0v) is 23.5. The second-order valence-electron chi connectivity index (χ2n) is 9.32. The summed E-state index contributed by atoms with van der Waals surface area (Å²) in [5.74, 6) is 1.69. The first kappa shape index (κ1) is 28.2. The molecule has 0 unspecified atom stereocenters. The fourth-order valence-electron chi connectivity index (χ4n) is 4.30. The summed E-state index contributed by atoms with van der Waals surface area (Å²) in [4.78, 5) is 27.2. The van der Waals surface area contributed by atoms with E-state index in [2.05, 4.69) is 0 Å². The molecule has 4 aromatic rings. The first-order valence-electron chi connectivity index (χ1n) is 12.7. The number of benzene rings is 3. The normalized spacial score (nSPS) is 10.9. The van der Waals surface area contributed by atoms with Gasteiger partial charge in [-0.05, 0) is 62.8 Å². The van der Waals surface area contributed by atoms with Crippen molar-refractivity contribution in [1.82, 2.24) is 0 Å². The van der Waals surface area contributed by atoms with Gasteiger partial charge in [-0.25, -0.2) is 0 Å². The van der Waals surface area contributed by atoms with Crippen molar-refractivity contribution in [3.63, 3.8) is 0 Å². The quantitative estimate of drug-likeness (QED) is 0.121. The summed E-state index contributed by atoms with van der Waals surface area (Å²) in [6.45, 7) is 5.90. The molecule has 40 heavy (non-hydrogen) atoms. The summed E-state index contributed by atoms with van der Waals surface area (Å²) < 4.78 is 28.6. The average Bonchev–Trinajstić information content (AvgIpc) is 2.97. The molecular weight excluding hydrogens is 508 g/mol. The highest BCUT2D eigenvalue weighted by molar-refractivity contribution is 6.15. The SMILES string of the molecule is COc1cc(C=CC(=O)c2c(OCC=C(C)C)ccc3c(=O)c(C)c(-c4ccccc4)oc23)cc(OC)c1OC. The highest BCUT2D eigenvalue weighted by Gasteiger charge is 2.22. The predicted molar refractivity (Wildman–Crippen MR) is 157 cm³/mol. The highest BCUT2D eigenvalue weighted by Crippen LogP contribution is 2.39. The summed E-state index contributed by atoms with van der Waals surface area (Å²) in [6, 6.07) is 16.1. The molecule has 0 aliphatic rings. The minimum Gasteiger partial charge on any atom is -0.493 e. The van der Waals surface area contributed by atoms with Crippen LogP contribution < -0.4 is 24.4 Å². The van der Waals surface area contributed by atoms with Crippen LogP contribution in [0.2, 0.25) is 0 Å². The van der Waals surface area contributed by atoms with Gasteiger partial charge in [-0.2, -0.15) is 0 Å². The van der Waals surface area contributed by atoms with Crippen molar-refractivity contribution in [2.24, 2.45) is 0 Å². The number of ether oxygens (including phenoxy) is 4. The molecule has 3 aromatic carbocycles. The minimum atomic E-state index is -0.391. The minimum absolute atomic E-state index is 0.164. The third kappa shape index (κ3) is 5.78. The van der Waals surface area contributed by atoms with Gasteiger partial charge in [0.1, 0.15) is 23.7 Å². The molecule has 4 rings (SSSR count). The van der Waals surface area contributed by atoms with E-state index in [9.17, 15) is 9.59 Å². The van der Waals surface area contributed by atoms with E-state index in [4.69, 9.17) is 23.4 Å². The third-order valence-corrected chi connectivity index (χ3v) is 6.38. The molecule has 0 fully saturated rings. The molecule has 7 heteroatoms. The molecule has 0 atom stereocenters. The summed E-state index contributed by atoms with van der Waals surface area (Å²) in [6.07, 6.45) is 4.95. The maximum Gasteiger partial charge on any atom is 0.203 e. The van der Waals surface area contributed by atoms with Gasteiger partial charge in [0.15, 0.2) is 28.3 Å². The van der Waals surface area contributed by atoms with Crippen LogP contribution in [0.3, 0.4) is 0 Å². The van der Waals surface area contributed by atoms with Crippen LogP contribution in [0.25, 0.3) is 28.4 Å². The van der Waals surface area contributed by atoms with Gasteiger partial charge < -0.3 is 23.4 Å². The molecule has 0 saturated carbocycles. The Labute approximate surface area is 233 Å². The maximum absolute atomic E-state index is 13.8. The van der Waals surface area contributed by atoms with Gasteiger partial charge in [-0.3, -0.25) is 9.59 Å². The number of hydrogen-bond acceptors (Lipinski definition) is 7. The van der Waals surface area contributed by atoms with Crippen molar-refractivity contribution in [3.05, 3.63) is 99.2 Å². The predicted octanol–water partition coefficient (Wildman–Crippen LogP) is 7.04. The molecule has 1 heterocycles. The Balaban J connectivity index is 1.89. The van der Waals surface area contributed by atoms with Gasteiger partial charge in [0.2, 0.25) is 5.75 Å². The van der Waals surface area contributed by atoms with E-state index >= 15 is 0 Å². The zero-order chi connectivity index (χ0) is 28.8. The Morgan fingerprint density at radius 2 is 1.57 bits per heavy atom. The first-order chi connectivity index (χ1) is 19.3. The van der Waals surface area contributed by atoms with Gasteiger partial charge in [-0.15, -0.1) is 0 Å². The molecule has 1 aromatic heterocycles. The van der Waals surface area contributed by atoms with Crippen LogP contribution in [0.5, 0.6) is 23.0 Å². The fraction of sp³-hybridized carbons (Fsp3) is 0.212. The van der Waals surface area contributed by atoms with E-state index in [0.29, 0.717) is 45.3 Å². The van der Waals surface area contributed by atoms with E-state index in [0.717, 1.165) is 11.1 Å². The lowest BCUT2D eigenvalue weighted by molar-refractivity contribution is 0.104. The Bertz CT molecular complexity index is 1630. The maximum atomic E-state index is 13.8. The van der Waals surface area contributed by atoms with Crippen LogP contribution in [0.1, 0.15) is 35.3 Å². The second kappa shape index (κ2) is 12.4. The fourth-order valence-corrected chi connectivity index (χ4v) is 4.30. The van der Waals surface area contributed by atoms with Gasteiger partial charge in [-0.1, -0.05) is 42.0 Å². The molecule has 0 aliphatic heterocycles. The number of rotatable bonds is 10. The summed E-state index contributed by atoms with van der Waals surface area (Å²) >= 11 is 0. The summed E-state index contributed by atoms with van der Waals surface area (Å²) in [7, 11) is 4.57. The zero-order valence-electron chi connectivity index (χ0n) is 23.5. The van der Waals surface area contributed by atoms with Crippen LogP contribution >= 0.6 is 0 Å². The molecule has 0 N–H and O–H groups in total. The molecule has 0 spiro atoms. The smallest absolute Gasteiger partial charge is 0.203 e. The van der Waals surface area contributed by atoms with Crippen LogP contribution in [0.15, 0.2) is 81.5 Å². The van der Waals surface area contributed by atoms with Crippen molar-refractivity contribution in [2.75, 3.05) is 27.9 Å². The molecule has 0 saturated heterocycles. The average molecular weight is 541 g/mol. The number of carbonyl (C=O) groups excluding carboxylic acids is 1. The van der Waals surface area contributed by atoms with Gasteiger partial charge >= 0.3 is 0 Å². The van der Waals surface area contributed by atoms with E-state index in [1.165, 1.54) is 27.4 Å². The first-order valence-corrected chi connectivity index (χ1v) is 12.7. The van der Waals surface area contributed by atoms with E-state index in [1.54, 1.807) is 37.3 Å². The molecule has 7 nitrogen and oxygen atoms in total. The number of methoxy groups -OCH3 is 3. The Hall–Kier alpha value is -4.78. The van der Waals surface area contributed by atoms with Crippen molar-refractivity contribution >= 4 is 22.8 Å². The van der Waals surface area contributed by atoms with Crippen molar-refractivity contribution in [2.45, 2.75) is 20.8 Å². The molecule has 206 valence electrons. The topological polar surface area (TPSA) is 84.2 Å². The van der Waals surface area contributed by atoms with Gasteiger partial charge in [0.25, 0.3) is 0 Å². The number of fused-ring (bicyclic) bond motifs is 1. The van der Waals surface area contributed by atoms with Crippen molar-refractivity contribution in [3.8, 4) is 34.3 Å². The molecular formula is C33H32O7.